The third-order valence-corrected chi connectivity index (χ3v) is 4.16. The van der Waals surface area contributed by atoms with E-state index in [4.69, 9.17) is 5.73 Å². The number of nitrogen functional groups attached to an aromatic ring is 1. The maximum Gasteiger partial charge on any atom is 0.232 e. The number of nitrogens with zero attached hydrogens (tertiary/aromatic N) is 2. The van der Waals surface area contributed by atoms with Crippen molar-refractivity contribution in [2.45, 2.75) is 12.0 Å². The quantitative estimate of drug-likeness (QED) is 0.431. The summed E-state index contributed by atoms with van der Waals surface area (Å²) in [6.45, 7) is 3.76. The predicted octanol–water partition coefficient (Wildman–Crippen LogP) is 2.86. The van der Waals surface area contributed by atoms with Gasteiger partial charge in [0.2, 0.25) is 6.29 Å². The minimum atomic E-state index is -1.19. The Labute approximate surface area is 139 Å². The first kappa shape index (κ1) is 15.7. The van der Waals surface area contributed by atoms with Crippen molar-refractivity contribution in [3.8, 4) is 0 Å². The number of nitrogens with two attached hydrogens (primary N) is 1. The summed E-state index contributed by atoms with van der Waals surface area (Å²) in [6, 6.07) is 12.4. The van der Waals surface area contributed by atoms with Crippen LogP contribution in [-0.2, 0) is 10.3 Å². The van der Waals surface area contributed by atoms with Gasteiger partial charge in [0, 0.05) is 23.2 Å². The molecule has 2 N–H and O–H groups in total. The van der Waals surface area contributed by atoms with Gasteiger partial charge in [0.15, 0.2) is 6.29 Å². The standard InChI is InChI=1S/C19H16N3O2/c1-2-10-19(12-24,15-7-3-4-8-16(15)20)22-13-21-18-14(11-23)6-5-9-17(18)22/h2-9,11,13H,1,10,20H2. The number of fused-ring (bicyclic) bond motifs is 1. The third kappa shape index (κ3) is 2.22. The molecule has 0 spiro atoms. The molecule has 1 heterocycles. The lowest BCUT2D eigenvalue weighted by Gasteiger charge is -2.30. The lowest BCUT2D eigenvalue weighted by atomic mass is 9.86. The summed E-state index contributed by atoms with van der Waals surface area (Å²) in [4.78, 5) is 27.7. The molecule has 24 heavy (non-hydrogen) atoms. The number of imidazole rings is 1. The van der Waals surface area contributed by atoms with E-state index in [1.807, 2.05) is 12.1 Å². The number of rotatable bonds is 6. The van der Waals surface area contributed by atoms with Gasteiger partial charge in [0.1, 0.15) is 5.54 Å². The minimum absolute atomic E-state index is 0.293. The summed E-state index contributed by atoms with van der Waals surface area (Å²) in [5, 5.41) is 0. The maximum absolute atomic E-state index is 12.1. The van der Waals surface area contributed by atoms with E-state index in [0.717, 1.165) is 6.29 Å². The van der Waals surface area contributed by atoms with E-state index < -0.39 is 5.54 Å². The molecule has 0 aliphatic carbocycles. The first-order valence-corrected chi connectivity index (χ1v) is 7.45. The molecule has 1 unspecified atom stereocenters. The number of allylic oxidation sites excluding steroid dienone is 1. The molecule has 2 aromatic carbocycles. The molecule has 0 aliphatic rings. The molecule has 0 amide bonds. The first-order valence-electron chi connectivity index (χ1n) is 7.45. The number of aromatic nitrogens is 2. The normalized spacial score (nSPS) is 13.3. The molecule has 0 saturated carbocycles. The Bertz CT molecular complexity index is 929. The number of aldehydes is 1. The second-order valence-corrected chi connectivity index (χ2v) is 5.49. The van der Waals surface area contributed by atoms with Crippen LogP contribution in [0, 0.1) is 0 Å². The molecule has 1 aromatic heterocycles. The van der Waals surface area contributed by atoms with Crippen LogP contribution in [0.1, 0.15) is 22.3 Å². The molecule has 3 aromatic rings. The molecule has 5 nitrogen and oxygen atoms in total. The average Bonchev–Trinajstić information content (AvgIpc) is 3.05. The van der Waals surface area contributed by atoms with Gasteiger partial charge in [-0.3, -0.25) is 9.59 Å². The van der Waals surface area contributed by atoms with E-state index in [1.165, 1.54) is 0 Å². The Morgan fingerprint density at radius 1 is 1.25 bits per heavy atom. The van der Waals surface area contributed by atoms with Gasteiger partial charge in [-0.2, -0.15) is 0 Å². The van der Waals surface area contributed by atoms with Crippen molar-refractivity contribution in [3.63, 3.8) is 0 Å². The van der Waals surface area contributed by atoms with Crippen LogP contribution in [0.3, 0.4) is 0 Å². The topological polar surface area (TPSA) is 78.0 Å². The number of para-hydroxylation sites is 2. The molecule has 119 valence electrons. The third-order valence-electron chi connectivity index (χ3n) is 4.16. The van der Waals surface area contributed by atoms with Gasteiger partial charge in [0.25, 0.3) is 0 Å². The van der Waals surface area contributed by atoms with Crippen molar-refractivity contribution in [2.24, 2.45) is 0 Å². The molecule has 1 atom stereocenters. The van der Waals surface area contributed by atoms with Crippen LogP contribution in [0.25, 0.3) is 11.0 Å². The van der Waals surface area contributed by atoms with Gasteiger partial charge in [-0.05, 0) is 18.2 Å². The zero-order valence-electron chi connectivity index (χ0n) is 13.0. The zero-order chi connectivity index (χ0) is 17.2. The van der Waals surface area contributed by atoms with Crippen molar-refractivity contribution < 1.29 is 9.59 Å². The Morgan fingerprint density at radius 3 is 2.71 bits per heavy atom. The van der Waals surface area contributed by atoms with Crippen molar-refractivity contribution in [2.75, 3.05) is 5.73 Å². The van der Waals surface area contributed by atoms with Crippen molar-refractivity contribution in [3.05, 3.63) is 72.6 Å². The second-order valence-electron chi connectivity index (χ2n) is 5.49. The van der Waals surface area contributed by atoms with Crippen molar-refractivity contribution >= 4 is 29.3 Å². The molecule has 3 rings (SSSR count). The van der Waals surface area contributed by atoms with Crippen molar-refractivity contribution in [1.29, 1.82) is 0 Å². The minimum Gasteiger partial charge on any atom is -0.398 e. The highest BCUT2D eigenvalue weighted by Crippen LogP contribution is 2.35. The molecule has 0 aliphatic heterocycles. The fourth-order valence-electron chi connectivity index (χ4n) is 3.03. The molecular formula is C19H16N3O2. The Balaban J connectivity index is 2.36. The molecule has 5 heteroatoms. The fraction of sp³-hybridized carbons (Fsp3) is 0.105. The van der Waals surface area contributed by atoms with E-state index in [9.17, 15) is 9.59 Å². The van der Waals surface area contributed by atoms with Crippen LogP contribution in [0.2, 0.25) is 0 Å². The number of anilines is 1. The smallest absolute Gasteiger partial charge is 0.232 e. The second kappa shape index (κ2) is 6.12. The summed E-state index contributed by atoms with van der Waals surface area (Å²) in [5.74, 6) is 0. The highest BCUT2D eigenvalue weighted by atomic mass is 16.1. The van der Waals surface area contributed by atoms with E-state index in [2.05, 4.69) is 17.8 Å². The highest BCUT2D eigenvalue weighted by molar-refractivity contribution is 5.95. The lowest BCUT2D eigenvalue weighted by Crippen LogP contribution is -2.36. The van der Waals surface area contributed by atoms with Crippen molar-refractivity contribution in [1.82, 2.24) is 9.55 Å². The summed E-state index contributed by atoms with van der Waals surface area (Å²) in [6.07, 6.45) is 6.36. The van der Waals surface area contributed by atoms with E-state index in [0.29, 0.717) is 34.3 Å². The van der Waals surface area contributed by atoms with E-state index in [-0.39, 0.29) is 0 Å². The van der Waals surface area contributed by atoms with Crippen LogP contribution in [0.5, 0.6) is 0 Å². The summed E-state index contributed by atoms with van der Waals surface area (Å²) < 4.78 is 1.70. The van der Waals surface area contributed by atoms with Gasteiger partial charge < -0.3 is 10.3 Å². The van der Waals surface area contributed by atoms with Gasteiger partial charge in [-0.25, -0.2) is 4.98 Å². The number of hydrogen-bond donors (Lipinski definition) is 1. The highest BCUT2D eigenvalue weighted by Gasteiger charge is 2.37. The monoisotopic (exact) mass is 318 g/mol. The van der Waals surface area contributed by atoms with E-state index >= 15 is 0 Å². The molecule has 0 bridgehead atoms. The number of carbonyl (C=O) groups excluding carboxylic acids is 2. The molecule has 1 radical (unpaired) electrons. The number of carbonyl (C=O) groups is 1. The summed E-state index contributed by atoms with van der Waals surface area (Å²) >= 11 is 0. The van der Waals surface area contributed by atoms with Gasteiger partial charge >= 0.3 is 0 Å². The Hall–Kier alpha value is -3.21. The zero-order valence-corrected chi connectivity index (χ0v) is 13.0. The largest absolute Gasteiger partial charge is 0.398 e. The Morgan fingerprint density at radius 2 is 2.04 bits per heavy atom. The summed E-state index contributed by atoms with van der Waals surface area (Å²) in [5.41, 5.74) is 7.68. The summed E-state index contributed by atoms with van der Waals surface area (Å²) in [7, 11) is 0. The van der Waals surface area contributed by atoms with Gasteiger partial charge in [-0.15, -0.1) is 6.58 Å². The molecule has 0 saturated heterocycles. The SMILES string of the molecule is C=CCC([C]=O)(c1ccccc1N)n1cnc2c(C=O)cccc21. The predicted molar refractivity (Wildman–Crippen MR) is 93.6 cm³/mol. The molecular weight excluding hydrogens is 302 g/mol. The van der Waals surface area contributed by atoms with Gasteiger partial charge in [0.05, 0.1) is 17.4 Å². The number of hydrogen-bond acceptors (Lipinski definition) is 4. The maximum atomic E-state index is 12.1. The van der Waals surface area contributed by atoms with Crippen LogP contribution < -0.4 is 5.73 Å². The average molecular weight is 318 g/mol. The van der Waals surface area contributed by atoms with Crippen LogP contribution in [-0.4, -0.2) is 22.1 Å². The van der Waals surface area contributed by atoms with Gasteiger partial charge in [-0.1, -0.05) is 30.3 Å². The van der Waals surface area contributed by atoms with Crippen LogP contribution in [0.15, 0.2) is 61.4 Å². The van der Waals surface area contributed by atoms with Crippen LogP contribution >= 0.6 is 0 Å². The fourth-order valence-corrected chi connectivity index (χ4v) is 3.03. The van der Waals surface area contributed by atoms with Crippen LogP contribution in [0.4, 0.5) is 5.69 Å². The Kier molecular flexibility index (Phi) is 4.00. The lowest BCUT2D eigenvalue weighted by molar-refractivity contribution is 0.112. The first-order chi connectivity index (χ1) is 11.7. The molecule has 0 fully saturated rings. The number of benzene rings is 2. The van der Waals surface area contributed by atoms with E-state index in [1.54, 1.807) is 47.3 Å².